The molecule has 0 bridgehead atoms. The fourth-order valence-electron chi connectivity index (χ4n) is 3.76. The van der Waals surface area contributed by atoms with E-state index >= 15 is 0 Å². The van der Waals surface area contributed by atoms with E-state index < -0.39 is 0 Å². The molecule has 2 heterocycles. The third-order valence-corrected chi connectivity index (χ3v) is 5.79. The number of amides is 2. The zero-order chi connectivity index (χ0) is 19.3. The predicted molar refractivity (Wildman–Crippen MR) is 107 cm³/mol. The van der Waals surface area contributed by atoms with E-state index in [0.29, 0.717) is 13.2 Å². The van der Waals surface area contributed by atoms with Crippen LogP contribution in [0.3, 0.4) is 0 Å². The lowest BCUT2D eigenvalue weighted by molar-refractivity contribution is -0.0381. The summed E-state index contributed by atoms with van der Waals surface area (Å²) in [5.41, 5.74) is 2.41. The number of nitrogens with one attached hydrogen (secondary N) is 1. The van der Waals surface area contributed by atoms with E-state index in [1.165, 1.54) is 11.1 Å². The van der Waals surface area contributed by atoms with Gasteiger partial charge < -0.3 is 19.7 Å². The molecule has 2 aliphatic rings. The summed E-state index contributed by atoms with van der Waals surface area (Å²) in [5, 5.41) is 3.12. The highest BCUT2D eigenvalue weighted by molar-refractivity contribution is 5.74. The van der Waals surface area contributed by atoms with Crippen molar-refractivity contribution < 1.29 is 14.3 Å². The highest BCUT2D eigenvalue weighted by Gasteiger charge is 2.27. The highest BCUT2D eigenvalue weighted by atomic mass is 16.5. The zero-order valence-electron chi connectivity index (χ0n) is 17.0. The number of carbonyl (C=O) groups is 1. The van der Waals surface area contributed by atoms with Crippen LogP contribution in [0.5, 0.6) is 0 Å². The molecule has 5 nitrogen and oxygen atoms in total. The maximum absolute atomic E-state index is 12.6. The number of aryl methyl sites for hydroxylation is 1. The molecule has 1 atom stereocenters. The molecule has 2 aliphatic heterocycles. The smallest absolute Gasteiger partial charge is 0.317 e. The van der Waals surface area contributed by atoms with Gasteiger partial charge in [-0.15, -0.1) is 0 Å². The number of carbonyl (C=O) groups excluding carboxylic acids is 1. The molecule has 0 saturated carbocycles. The van der Waals surface area contributed by atoms with E-state index in [1.54, 1.807) is 0 Å². The van der Waals surface area contributed by atoms with Crippen molar-refractivity contribution in [2.24, 2.45) is 0 Å². The largest absolute Gasteiger partial charge is 0.376 e. The van der Waals surface area contributed by atoms with E-state index in [2.05, 4.69) is 50.4 Å². The Balaban J connectivity index is 1.39. The molecule has 2 amide bonds. The van der Waals surface area contributed by atoms with Crippen LogP contribution >= 0.6 is 0 Å². The Hall–Kier alpha value is -1.59. The fraction of sp³-hybridized carbons (Fsp3) is 0.682. The molecular formula is C22H34N2O3. The van der Waals surface area contributed by atoms with E-state index in [0.717, 1.165) is 45.4 Å². The maximum atomic E-state index is 12.6. The minimum Gasteiger partial charge on any atom is -0.376 e. The van der Waals surface area contributed by atoms with Crippen molar-refractivity contribution in [3.63, 3.8) is 0 Å². The van der Waals surface area contributed by atoms with Gasteiger partial charge in [0.15, 0.2) is 0 Å². The van der Waals surface area contributed by atoms with Crippen molar-refractivity contribution in [3.8, 4) is 0 Å². The van der Waals surface area contributed by atoms with Crippen LogP contribution in [0.4, 0.5) is 4.79 Å². The first-order valence-electron chi connectivity index (χ1n) is 10.3. The molecule has 2 fully saturated rings. The monoisotopic (exact) mass is 374 g/mol. The van der Waals surface area contributed by atoms with Crippen LogP contribution in [0, 0.1) is 6.92 Å². The highest BCUT2D eigenvalue weighted by Crippen LogP contribution is 2.23. The lowest BCUT2D eigenvalue weighted by atomic mass is 9.84. The molecule has 5 heteroatoms. The molecule has 1 N–H and O–H groups in total. The van der Waals surface area contributed by atoms with Crippen molar-refractivity contribution in [1.29, 1.82) is 0 Å². The van der Waals surface area contributed by atoms with Crippen LogP contribution in [0.25, 0.3) is 0 Å². The molecule has 1 aromatic carbocycles. The number of benzene rings is 1. The standard InChI is InChI=1S/C22H34N2O3/c1-17-6-8-18(9-7-17)22(2,3)16-23-21(25)24-12-10-19(11-13-24)27-15-20-5-4-14-26-20/h6-9,19-20H,4-5,10-16H2,1-3H3,(H,23,25). The third-order valence-electron chi connectivity index (χ3n) is 5.79. The number of rotatable bonds is 6. The van der Waals surface area contributed by atoms with Gasteiger partial charge in [-0.25, -0.2) is 4.79 Å². The third kappa shape index (κ3) is 5.69. The molecule has 3 rings (SSSR count). The first-order valence-corrected chi connectivity index (χ1v) is 10.3. The molecule has 0 aromatic heterocycles. The summed E-state index contributed by atoms with van der Waals surface area (Å²) in [6.07, 6.45) is 4.59. The van der Waals surface area contributed by atoms with E-state index in [1.807, 2.05) is 4.90 Å². The van der Waals surface area contributed by atoms with Crippen LogP contribution in [0.2, 0.25) is 0 Å². The van der Waals surface area contributed by atoms with Crippen molar-refractivity contribution in [1.82, 2.24) is 10.2 Å². The zero-order valence-corrected chi connectivity index (χ0v) is 17.0. The second kappa shape index (κ2) is 9.07. The molecule has 0 radical (unpaired) electrons. The second-order valence-electron chi connectivity index (χ2n) is 8.56. The van der Waals surface area contributed by atoms with Gasteiger partial charge in [0.2, 0.25) is 0 Å². The molecule has 27 heavy (non-hydrogen) atoms. The minimum atomic E-state index is -0.0912. The van der Waals surface area contributed by atoms with Crippen molar-refractivity contribution in [2.45, 2.75) is 64.1 Å². The van der Waals surface area contributed by atoms with Gasteiger partial charge in [0.25, 0.3) is 0 Å². The van der Waals surface area contributed by atoms with Crippen LogP contribution < -0.4 is 5.32 Å². The number of hydrogen-bond acceptors (Lipinski definition) is 3. The lowest BCUT2D eigenvalue weighted by Gasteiger charge is -2.34. The molecule has 1 unspecified atom stereocenters. The SMILES string of the molecule is Cc1ccc(C(C)(C)CNC(=O)N2CCC(OCC3CCCO3)CC2)cc1. The Morgan fingerprint density at radius 3 is 2.56 bits per heavy atom. The average Bonchev–Trinajstić information content (AvgIpc) is 3.19. The van der Waals surface area contributed by atoms with E-state index in [9.17, 15) is 4.79 Å². The normalized spacial score (nSPS) is 21.4. The van der Waals surface area contributed by atoms with Gasteiger partial charge in [0, 0.05) is 31.7 Å². The number of nitrogens with zero attached hydrogens (tertiary/aromatic N) is 1. The van der Waals surface area contributed by atoms with E-state index in [-0.39, 0.29) is 23.7 Å². The summed E-state index contributed by atoms with van der Waals surface area (Å²) < 4.78 is 11.6. The summed E-state index contributed by atoms with van der Waals surface area (Å²) in [4.78, 5) is 14.5. The lowest BCUT2D eigenvalue weighted by Crippen LogP contribution is -2.48. The van der Waals surface area contributed by atoms with Gasteiger partial charge in [-0.05, 0) is 38.2 Å². The maximum Gasteiger partial charge on any atom is 0.317 e. The summed E-state index contributed by atoms with van der Waals surface area (Å²) in [6, 6.07) is 8.59. The summed E-state index contributed by atoms with van der Waals surface area (Å²) in [7, 11) is 0. The van der Waals surface area contributed by atoms with Crippen LogP contribution in [0.1, 0.15) is 50.7 Å². The number of hydrogen-bond donors (Lipinski definition) is 1. The quantitative estimate of drug-likeness (QED) is 0.827. The fourth-order valence-corrected chi connectivity index (χ4v) is 3.76. The number of piperidine rings is 1. The van der Waals surface area contributed by atoms with Gasteiger partial charge in [0.05, 0.1) is 18.8 Å². The number of likely N-dealkylation sites (tertiary alicyclic amines) is 1. The Labute approximate surface area is 163 Å². The van der Waals surface area contributed by atoms with E-state index in [4.69, 9.17) is 9.47 Å². The molecule has 0 aliphatic carbocycles. The summed E-state index contributed by atoms with van der Waals surface area (Å²) >= 11 is 0. The van der Waals surface area contributed by atoms with Crippen LogP contribution in [-0.4, -0.2) is 56.0 Å². The van der Waals surface area contributed by atoms with Crippen molar-refractivity contribution >= 4 is 6.03 Å². The number of urea groups is 1. The van der Waals surface area contributed by atoms with Crippen LogP contribution in [0.15, 0.2) is 24.3 Å². The van der Waals surface area contributed by atoms with Gasteiger partial charge in [-0.2, -0.15) is 0 Å². The molecule has 0 spiro atoms. The first-order chi connectivity index (χ1) is 12.9. The Bertz CT molecular complexity index is 600. The first kappa shape index (κ1) is 20.2. The topological polar surface area (TPSA) is 50.8 Å². The van der Waals surface area contributed by atoms with Gasteiger partial charge in [-0.1, -0.05) is 43.7 Å². The Kier molecular flexibility index (Phi) is 6.77. The van der Waals surface area contributed by atoms with Gasteiger partial charge in [0.1, 0.15) is 0 Å². The number of ether oxygens (including phenoxy) is 2. The molecule has 1 aromatic rings. The van der Waals surface area contributed by atoms with Gasteiger partial charge >= 0.3 is 6.03 Å². The van der Waals surface area contributed by atoms with Crippen molar-refractivity contribution in [2.75, 3.05) is 32.8 Å². The van der Waals surface area contributed by atoms with Crippen molar-refractivity contribution in [3.05, 3.63) is 35.4 Å². The molecule has 150 valence electrons. The second-order valence-corrected chi connectivity index (χ2v) is 8.56. The average molecular weight is 375 g/mol. The summed E-state index contributed by atoms with van der Waals surface area (Å²) in [6.45, 7) is 10.1. The van der Waals surface area contributed by atoms with Gasteiger partial charge in [-0.3, -0.25) is 0 Å². The predicted octanol–water partition coefficient (Wildman–Crippen LogP) is 3.64. The molecule has 2 saturated heterocycles. The Morgan fingerprint density at radius 1 is 1.22 bits per heavy atom. The molecular weight excluding hydrogens is 340 g/mol. The minimum absolute atomic E-state index is 0.0350. The van der Waals surface area contributed by atoms with Crippen LogP contribution in [-0.2, 0) is 14.9 Å². The summed E-state index contributed by atoms with van der Waals surface area (Å²) in [5.74, 6) is 0. The Morgan fingerprint density at radius 2 is 1.93 bits per heavy atom.